The summed E-state index contributed by atoms with van der Waals surface area (Å²) in [6.07, 6.45) is 1.01. The lowest BCUT2D eigenvalue weighted by atomic mass is 9.80. The predicted octanol–water partition coefficient (Wildman–Crippen LogP) is 5.41. The van der Waals surface area contributed by atoms with Gasteiger partial charge in [0.25, 0.3) is 10.1 Å². The van der Waals surface area contributed by atoms with E-state index in [0.717, 1.165) is 22.9 Å². The summed E-state index contributed by atoms with van der Waals surface area (Å²) < 4.78 is 39.6. The maximum Gasteiger partial charge on any atom is 0.264 e. The summed E-state index contributed by atoms with van der Waals surface area (Å²) in [5.41, 5.74) is 2.06. The van der Waals surface area contributed by atoms with Gasteiger partial charge < -0.3 is 9.47 Å². The molecule has 0 bridgehead atoms. The van der Waals surface area contributed by atoms with Crippen molar-refractivity contribution >= 4 is 10.1 Å². The topological polar surface area (TPSA) is 61.8 Å². The summed E-state index contributed by atoms with van der Waals surface area (Å²) in [6.45, 7) is 0.0314. The number of benzene rings is 4. The van der Waals surface area contributed by atoms with Crippen molar-refractivity contribution in [2.24, 2.45) is 0 Å². The molecule has 4 aromatic rings. The lowest BCUT2D eigenvalue weighted by Gasteiger charge is -2.36. The third kappa shape index (κ3) is 5.65. The average Bonchev–Trinajstić information content (AvgIpc) is 2.86. The average molecular weight is 475 g/mol. The Bertz CT molecular complexity index is 1190. The van der Waals surface area contributed by atoms with Gasteiger partial charge in [0.05, 0.1) is 6.26 Å². The van der Waals surface area contributed by atoms with Crippen LogP contribution in [0.1, 0.15) is 16.7 Å². The molecule has 0 atom stereocenters. The molecule has 0 aliphatic heterocycles. The zero-order valence-electron chi connectivity index (χ0n) is 18.8. The molecule has 0 saturated heterocycles. The van der Waals surface area contributed by atoms with Gasteiger partial charge in [-0.25, -0.2) is 0 Å². The summed E-state index contributed by atoms with van der Waals surface area (Å²) in [6, 6.07) is 37.6. The molecule has 0 radical (unpaired) electrons. The molecule has 174 valence electrons. The number of hydrogen-bond acceptors (Lipinski definition) is 5. The van der Waals surface area contributed by atoms with E-state index in [4.69, 9.17) is 13.7 Å². The third-order valence-corrected chi connectivity index (χ3v) is 5.86. The van der Waals surface area contributed by atoms with E-state index in [0.29, 0.717) is 11.5 Å². The van der Waals surface area contributed by atoms with E-state index in [1.165, 1.54) is 0 Å². The second-order valence-electron chi connectivity index (χ2n) is 7.73. The molecule has 4 rings (SSSR count). The molecule has 0 spiro atoms. The van der Waals surface area contributed by atoms with Gasteiger partial charge in [0.1, 0.15) is 24.7 Å². The molecule has 6 heteroatoms. The van der Waals surface area contributed by atoms with Crippen molar-refractivity contribution in [3.8, 4) is 11.5 Å². The van der Waals surface area contributed by atoms with Crippen molar-refractivity contribution in [3.63, 3.8) is 0 Å². The van der Waals surface area contributed by atoms with Crippen LogP contribution in [0.4, 0.5) is 0 Å². The fourth-order valence-corrected chi connectivity index (χ4v) is 4.22. The van der Waals surface area contributed by atoms with Gasteiger partial charge in [0.15, 0.2) is 5.60 Å². The summed E-state index contributed by atoms with van der Waals surface area (Å²) >= 11 is 0. The van der Waals surface area contributed by atoms with Crippen LogP contribution < -0.4 is 9.47 Å². The van der Waals surface area contributed by atoms with E-state index in [2.05, 4.69) is 36.4 Å². The second kappa shape index (κ2) is 10.5. The van der Waals surface area contributed by atoms with E-state index in [1.54, 1.807) is 12.1 Å². The predicted molar refractivity (Wildman–Crippen MR) is 133 cm³/mol. The van der Waals surface area contributed by atoms with Crippen LogP contribution in [0.3, 0.4) is 0 Å². The molecule has 0 saturated carbocycles. The first-order valence-corrected chi connectivity index (χ1v) is 12.7. The Morgan fingerprint density at radius 2 is 1.09 bits per heavy atom. The Balaban J connectivity index is 1.73. The van der Waals surface area contributed by atoms with Crippen LogP contribution in [0, 0.1) is 0 Å². The van der Waals surface area contributed by atoms with Gasteiger partial charge >= 0.3 is 0 Å². The molecule has 5 nitrogen and oxygen atoms in total. The van der Waals surface area contributed by atoms with Crippen LogP contribution in [0.15, 0.2) is 115 Å². The molecular formula is C28H26O5S. The lowest BCUT2D eigenvalue weighted by molar-refractivity contribution is 0.154. The molecule has 34 heavy (non-hydrogen) atoms. The van der Waals surface area contributed by atoms with Crippen molar-refractivity contribution in [2.45, 2.75) is 5.60 Å². The van der Waals surface area contributed by atoms with Crippen molar-refractivity contribution in [1.82, 2.24) is 0 Å². The molecule has 0 heterocycles. The second-order valence-corrected chi connectivity index (χ2v) is 9.37. The smallest absolute Gasteiger partial charge is 0.264 e. The zero-order chi connectivity index (χ0) is 23.9. The zero-order valence-corrected chi connectivity index (χ0v) is 19.6. The maximum atomic E-state index is 11.2. The van der Waals surface area contributed by atoms with Crippen molar-refractivity contribution in [1.29, 1.82) is 0 Å². The highest BCUT2D eigenvalue weighted by atomic mass is 32.2. The number of ether oxygens (including phenoxy) is 2. The first-order chi connectivity index (χ1) is 16.5. The maximum absolute atomic E-state index is 11.2. The largest absolute Gasteiger partial charge is 0.491 e. The van der Waals surface area contributed by atoms with Gasteiger partial charge in [0.2, 0.25) is 0 Å². The van der Waals surface area contributed by atoms with Gasteiger partial charge in [-0.05, 0) is 12.1 Å². The Labute approximate surface area is 200 Å². The van der Waals surface area contributed by atoms with Gasteiger partial charge in [-0.2, -0.15) is 8.42 Å². The van der Waals surface area contributed by atoms with Crippen LogP contribution in [0.2, 0.25) is 0 Å². The lowest BCUT2D eigenvalue weighted by Crippen LogP contribution is -2.36. The molecule has 0 aliphatic carbocycles. The molecule has 0 unspecified atom stereocenters. The van der Waals surface area contributed by atoms with E-state index in [1.807, 2.05) is 66.7 Å². The van der Waals surface area contributed by atoms with Gasteiger partial charge in [-0.3, -0.25) is 4.18 Å². The molecule has 0 fully saturated rings. The normalized spacial score (nSPS) is 11.7. The van der Waals surface area contributed by atoms with Crippen molar-refractivity contribution < 1.29 is 22.1 Å². The Kier molecular flexibility index (Phi) is 7.30. The third-order valence-electron chi connectivity index (χ3n) is 5.27. The first kappa shape index (κ1) is 23.5. The minimum atomic E-state index is -3.51. The standard InChI is InChI=1S/C28H26O5S/c1-34(29,30)32-21-20-31-26-18-11-19-27(22-26)33-28(23-12-5-2-6-13-23,24-14-7-3-8-15-24)25-16-9-4-10-17-25/h2-19,22H,20-21H2,1H3. The van der Waals surface area contributed by atoms with E-state index in [9.17, 15) is 8.42 Å². The van der Waals surface area contributed by atoms with Crippen molar-refractivity contribution in [3.05, 3.63) is 132 Å². The van der Waals surface area contributed by atoms with Gasteiger partial charge in [-0.1, -0.05) is 97.1 Å². The Morgan fingerprint density at radius 3 is 1.56 bits per heavy atom. The van der Waals surface area contributed by atoms with Crippen LogP contribution >= 0.6 is 0 Å². The van der Waals surface area contributed by atoms with Crippen LogP contribution in [0.25, 0.3) is 0 Å². The minimum Gasteiger partial charge on any atom is -0.491 e. The summed E-state index contributed by atoms with van der Waals surface area (Å²) in [5.74, 6) is 1.16. The molecule has 0 aromatic heterocycles. The fraction of sp³-hybridized carbons (Fsp3) is 0.143. The highest BCUT2D eigenvalue weighted by Gasteiger charge is 2.39. The van der Waals surface area contributed by atoms with E-state index < -0.39 is 15.7 Å². The summed E-state index contributed by atoms with van der Waals surface area (Å²) in [5, 5.41) is 0. The van der Waals surface area contributed by atoms with Gasteiger partial charge in [0, 0.05) is 22.8 Å². The van der Waals surface area contributed by atoms with Crippen LogP contribution in [-0.4, -0.2) is 27.9 Å². The molecule has 0 aliphatic rings. The van der Waals surface area contributed by atoms with Crippen LogP contribution in [0.5, 0.6) is 11.5 Å². The number of rotatable bonds is 10. The van der Waals surface area contributed by atoms with E-state index in [-0.39, 0.29) is 13.2 Å². The molecular weight excluding hydrogens is 448 g/mol. The Morgan fingerprint density at radius 1 is 0.618 bits per heavy atom. The monoisotopic (exact) mass is 474 g/mol. The van der Waals surface area contributed by atoms with Crippen LogP contribution in [-0.2, 0) is 19.9 Å². The number of hydrogen-bond donors (Lipinski definition) is 0. The highest BCUT2D eigenvalue weighted by molar-refractivity contribution is 7.85. The Hall–Kier alpha value is -3.61. The molecule has 4 aromatic carbocycles. The fourth-order valence-electron chi connectivity index (χ4n) is 3.84. The highest BCUT2D eigenvalue weighted by Crippen LogP contribution is 2.41. The van der Waals surface area contributed by atoms with E-state index >= 15 is 0 Å². The minimum absolute atomic E-state index is 0.0636. The summed E-state index contributed by atoms with van der Waals surface area (Å²) in [4.78, 5) is 0. The quantitative estimate of drug-likeness (QED) is 0.175. The first-order valence-electron chi connectivity index (χ1n) is 10.9. The molecule has 0 amide bonds. The van der Waals surface area contributed by atoms with Gasteiger partial charge in [-0.15, -0.1) is 0 Å². The summed E-state index contributed by atoms with van der Waals surface area (Å²) in [7, 11) is -3.51. The van der Waals surface area contributed by atoms with Crippen molar-refractivity contribution in [2.75, 3.05) is 19.5 Å². The SMILES string of the molecule is CS(=O)(=O)OCCOc1cccc(OC(c2ccccc2)(c2ccccc2)c2ccccc2)c1. The molecule has 0 N–H and O–H groups in total.